The van der Waals surface area contributed by atoms with Crippen LogP contribution in [0.4, 0.5) is 5.69 Å². The molecule has 5 nitrogen and oxygen atoms in total. The van der Waals surface area contributed by atoms with Gasteiger partial charge in [-0.3, -0.25) is 9.59 Å². The molecule has 2 amide bonds. The molecule has 0 aliphatic carbocycles. The van der Waals surface area contributed by atoms with Gasteiger partial charge in [-0.2, -0.15) is 0 Å². The van der Waals surface area contributed by atoms with Crippen molar-refractivity contribution in [3.63, 3.8) is 0 Å². The highest BCUT2D eigenvalue weighted by molar-refractivity contribution is 5.98. The first-order valence-corrected chi connectivity index (χ1v) is 9.84. The number of carbonyl (C=O) groups excluding carboxylic acids is 2. The molecule has 1 heterocycles. The van der Waals surface area contributed by atoms with Crippen molar-refractivity contribution in [2.45, 2.75) is 52.7 Å². The Morgan fingerprint density at radius 1 is 1.07 bits per heavy atom. The Labute approximate surface area is 179 Å². The molecule has 0 bridgehead atoms. The summed E-state index contributed by atoms with van der Waals surface area (Å²) in [5, 5.41) is 9.20. The SMILES string of the molecule is Cc1ccc(NC(=O)[C@@H](NC(=O)[C@@H]2Cc3ccccc3CN2)C(C)C)c(C)c1.Cl. The van der Waals surface area contributed by atoms with Gasteiger partial charge in [0, 0.05) is 12.2 Å². The first-order chi connectivity index (χ1) is 13.3. The molecular weight excluding hydrogens is 386 g/mol. The van der Waals surface area contributed by atoms with Crippen LogP contribution in [0.25, 0.3) is 0 Å². The van der Waals surface area contributed by atoms with Crippen LogP contribution in [0.2, 0.25) is 0 Å². The zero-order valence-electron chi connectivity index (χ0n) is 17.4. The van der Waals surface area contributed by atoms with Gasteiger partial charge in [0.15, 0.2) is 0 Å². The minimum Gasteiger partial charge on any atom is -0.343 e. The number of benzene rings is 2. The standard InChI is InChI=1S/C23H29N3O2.ClH/c1-14(2)21(23(28)25-19-10-9-15(3)11-16(19)4)26-22(27)20-12-17-7-5-6-8-18(17)13-24-20;/h5-11,14,20-21,24H,12-13H2,1-4H3,(H,25,28)(H,26,27);1H/t20-,21-;/m0./s1. The molecule has 29 heavy (non-hydrogen) atoms. The monoisotopic (exact) mass is 415 g/mol. The van der Waals surface area contributed by atoms with Gasteiger partial charge in [-0.05, 0) is 48.9 Å². The molecule has 0 saturated carbocycles. The van der Waals surface area contributed by atoms with Crippen molar-refractivity contribution >= 4 is 29.9 Å². The largest absolute Gasteiger partial charge is 0.343 e. The molecule has 6 heteroatoms. The second-order valence-corrected chi connectivity index (χ2v) is 7.94. The van der Waals surface area contributed by atoms with Gasteiger partial charge in [-0.25, -0.2) is 0 Å². The summed E-state index contributed by atoms with van der Waals surface area (Å²) in [6.45, 7) is 8.53. The number of nitrogens with one attached hydrogen (secondary N) is 3. The third kappa shape index (κ3) is 5.58. The van der Waals surface area contributed by atoms with Crippen molar-refractivity contribution in [1.29, 1.82) is 0 Å². The summed E-state index contributed by atoms with van der Waals surface area (Å²) in [7, 11) is 0. The third-order valence-electron chi connectivity index (χ3n) is 5.28. The molecule has 0 fully saturated rings. The van der Waals surface area contributed by atoms with Gasteiger partial charge in [0.05, 0.1) is 6.04 Å². The highest BCUT2D eigenvalue weighted by Gasteiger charge is 2.30. The molecule has 0 spiro atoms. The number of hydrogen-bond acceptors (Lipinski definition) is 3. The average molecular weight is 416 g/mol. The van der Waals surface area contributed by atoms with Gasteiger partial charge >= 0.3 is 0 Å². The molecule has 2 aromatic rings. The lowest BCUT2D eigenvalue weighted by atomic mass is 9.94. The Kier molecular flexibility index (Phi) is 7.82. The molecule has 0 saturated heterocycles. The van der Waals surface area contributed by atoms with E-state index in [0.29, 0.717) is 13.0 Å². The maximum Gasteiger partial charge on any atom is 0.247 e. The van der Waals surface area contributed by atoms with E-state index in [2.05, 4.69) is 28.1 Å². The van der Waals surface area contributed by atoms with E-state index in [9.17, 15) is 9.59 Å². The summed E-state index contributed by atoms with van der Waals surface area (Å²) in [5.41, 5.74) is 5.34. The lowest BCUT2D eigenvalue weighted by molar-refractivity contribution is -0.128. The van der Waals surface area contributed by atoms with Gasteiger partial charge in [0.25, 0.3) is 0 Å². The Hall–Kier alpha value is -2.37. The van der Waals surface area contributed by atoms with Crippen molar-refractivity contribution in [3.8, 4) is 0 Å². The van der Waals surface area contributed by atoms with Crippen molar-refractivity contribution in [1.82, 2.24) is 10.6 Å². The van der Waals surface area contributed by atoms with Crippen molar-refractivity contribution < 1.29 is 9.59 Å². The Morgan fingerprint density at radius 3 is 2.41 bits per heavy atom. The smallest absolute Gasteiger partial charge is 0.247 e. The van der Waals surface area contributed by atoms with Crippen molar-refractivity contribution in [2.24, 2.45) is 5.92 Å². The summed E-state index contributed by atoms with van der Waals surface area (Å²) in [4.78, 5) is 25.7. The van der Waals surface area contributed by atoms with E-state index >= 15 is 0 Å². The van der Waals surface area contributed by atoms with E-state index in [1.165, 1.54) is 11.1 Å². The first-order valence-electron chi connectivity index (χ1n) is 9.84. The van der Waals surface area contributed by atoms with Gasteiger partial charge in [0.1, 0.15) is 6.04 Å². The summed E-state index contributed by atoms with van der Waals surface area (Å²) in [5.74, 6) is -0.346. The highest BCUT2D eigenvalue weighted by Crippen LogP contribution is 2.19. The van der Waals surface area contributed by atoms with E-state index < -0.39 is 6.04 Å². The molecule has 0 unspecified atom stereocenters. The first kappa shape index (κ1) is 22.9. The molecule has 1 aliphatic rings. The molecule has 1 aliphatic heterocycles. The molecule has 2 aromatic carbocycles. The number of carbonyl (C=O) groups is 2. The second-order valence-electron chi connectivity index (χ2n) is 7.94. The van der Waals surface area contributed by atoms with Crippen LogP contribution in [0.15, 0.2) is 42.5 Å². The summed E-state index contributed by atoms with van der Waals surface area (Å²) in [6, 6.07) is 13.1. The van der Waals surface area contributed by atoms with E-state index in [1.807, 2.05) is 58.0 Å². The topological polar surface area (TPSA) is 70.2 Å². The van der Waals surface area contributed by atoms with Crippen molar-refractivity contribution in [2.75, 3.05) is 5.32 Å². The predicted octanol–water partition coefficient (Wildman–Crippen LogP) is 3.52. The molecular formula is C23H30ClN3O2. The quantitative estimate of drug-likeness (QED) is 0.699. The Bertz CT molecular complexity index is 882. The van der Waals surface area contributed by atoms with Gasteiger partial charge in [-0.15, -0.1) is 12.4 Å². The lowest BCUT2D eigenvalue weighted by Crippen LogP contribution is -2.54. The Balaban J connectivity index is 0.00000300. The highest BCUT2D eigenvalue weighted by atomic mass is 35.5. The van der Waals surface area contributed by atoms with Crippen molar-refractivity contribution in [3.05, 3.63) is 64.7 Å². The zero-order valence-corrected chi connectivity index (χ0v) is 18.2. The van der Waals surface area contributed by atoms with Crippen LogP contribution < -0.4 is 16.0 Å². The number of aryl methyl sites for hydroxylation is 2. The fraction of sp³-hybridized carbons (Fsp3) is 0.391. The minimum absolute atomic E-state index is 0. The number of rotatable bonds is 5. The molecule has 0 radical (unpaired) electrons. The number of hydrogen-bond donors (Lipinski definition) is 3. The Morgan fingerprint density at radius 2 is 1.76 bits per heavy atom. The van der Waals surface area contributed by atoms with E-state index in [-0.39, 0.29) is 36.2 Å². The minimum atomic E-state index is -0.591. The second kappa shape index (κ2) is 9.90. The fourth-order valence-electron chi connectivity index (χ4n) is 3.59. The predicted molar refractivity (Wildman–Crippen MR) is 119 cm³/mol. The van der Waals surface area contributed by atoms with Gasteiger partial charge in [-0.1, -0.05) is 55.8 Å². The molecule has 0 aromatic heterocycles. The maximum absolute atomic E-state index is 12.9. The van der Waals surface area contributed by atoms with Crippen LogP contribution in [0, 0.1) is 19.8 Å². The third-order valence-corrected chi connectivity index (χ3v) is 5.28. The summed E-state index contributed by atoms with van der Waals surface area (Å²) < 4.78 is 0. The number of fused-ring (bicyclic) bond motifs is 1. The number of amides is 2. The lowest BCUT2D eigenvalue weighted by Gasteiger charge is -2.28. The van der Waals surface area contributed by atoms with E-state index in [0.717, 1.165) is 16.8 Å². The molecule has 3 rings (SSSR count). The van der Waals surface area contributed by atoms with Crippen LogP contribution in [-0.2, 0) is 22.6 Å². The number of anilines is 1. The normalized spacial score (nSPS) is 16.4. The fourth-order valence-corrected chi connectivity index (χ4v) is 3.59. The van der Waals surface area contributed by atoms with Crippen LogP contribution in [0.5, 0.6) is 0 Å². The zero-order chi connectivity index (χ0) is 20.3. The van der Waals surface area contributed by atoms with E-state index in [4.69, 9.17) is 0 Å². The van der Waals surface area contributed by atoms with Gasteiger partial charge in [0.2, 0.25) is 11.8 Å². The molecule has 156 valence electrons. The molecule has 3 N–H and O–H groups in total. The van der Waals surface area contributed by atoms with Crippen LogP contribution in [0.3, 0.4) is 0 Å². The van der Waals surface area contributed by atoms with Crippen LogP contribution in [-0.4, -0.2) is 23.9 Å². The van der Waals surface area contributed by atoms with E-state index in [1.54, 1.807) is 0 Å². The average Bonchev–Trinajstić information content (AvgIpc) is 2.67. The summed E-state index contributed by atoms with van der Waals surface area (Å²) in [6.07, 6.45) is 0.630. The maximum atomic E-state index is 12.9. The molecule has 2 atom stereocenters. The number of halogens is 1. The van der Waals surface area contributed by atoms with Crippen LogP contribution in [0.1, 0.15) is 36.1 Å². The van der Waals surface area contributed by atoms with Gasteiger partial charge < -0.3 is 16.0 Å². The summed E-state index contributed by atoms with van der Waals surface area (Å²) >= 11 is 0. The van der Waals surface area contributed by atoms with Crippen LogP contribution >= 0.6 is 12.4 Å².